The molecule has 0 bridgehead atoms. The fourth-order valence-electron chi connectivity index (χ4n) is 2.37. The van der Waals surface area contributed by atoms with E-state index in [1.165, 1.54) is 29.9 Å². The number of carboxylic acids is 1. The molecule has 138 valence electrons. The van der Waals surface area contributed by atoms with Crippen molar-refractivity contribution in [1.29, 1.82) is 0 Å². The fraction of sp³-hybridized carbons (Fsp3) is 0.294. The van der Waals surface area contributed by atoms with Gasteiger partial charge in [0, 0.05) is 30.5 Å². The maximum absolute atomic E-state index is 12.9. The number of ether oxygens (including phenoxy) is 1. The fourth-order valence-corrected chi connectivity index (χ4v) is 2.86. The molecule has 7 nitrogen and oxygen atoms in total. The molecule has 2 rings (SSSR count). The predicted molar refractivity (Wildman–Crippen MR) is 95.0 cm³/mol. The van der Waals surface area contributed by atoms with Crippen LogP contribution in [0.4, 0.5) is 0 Å². The first-order valence-corrected chi connectivity index (χ1v) is 8.42. The summed E-state index contributed by atoms with van der Waals surface area (Å²) in [6, 6.07) is 4.46. The molecule has 0 amide bonds. The van der Waals surface area contributed by atoms with Gasteiger partial charge in [0.05, 0.1) is 10.7 Å². The first kappa shape index (κ1) is 19.9. The SMILES string of the molecule is Cc1nn(C)c(OC(=O)CCCC(=O)O)c1C(=O)c1ccc(Cl)cc1Cl. The van der Waals surface area contributed by atoms with Crippen LogP contribution in [-0.2, 0) is 16.6 Å². The van der Waals surface area contributed by atoms with Crippen LogP contribution in [-0.4, -0.2) is 32.6 Å². The first-order chi connectivity index (χ1) is 12.2. The van der Waals surface area contributed by atoms with E-state index in [0.29, 0.717) is 10.7 Å². The van der Waals surface area contributed by atoms with Crippen molar-refractivity contribution < 1.29 is 24.2 Å². The number of carbonyl (C=O) groups is 3. The van der Waals surface area contributed by atoms with E-state index in [0.717, 1.165) is 0 Å². The van der Waals surface area contributed by atoms with Crippen molar-refractivity contribution in [2.75, 3.05) is 0 Å². The second kappa shape index (κ2) is 8.33. The lowest BCUT2D eigenvalue weighted by Crippen LogP contribution is -2.14. The zero-order valence-electron chi connectivity index (χ0n) is 14.1. The summed E-state index contributed by atoms with van der Waals surface area (Å²) in [5.74, 6) is -2.11. The van der Waals surface area contributed by atoms with E-state index < -0.39 is 17.7 Å². The highest BCUT2D eigenvalue weighted by molar-refractivity contribution is 6.37. The van der Waals surface area contributed by atoms with Crippen LogP contribution in [0.5, 0.6) is 5.88 Å². The summed E-state index contributed by atoms with van der Waals surface area (Å²) < 4.78 is 6.54. The van der Waals surface area contributed by atoms with Crippen LogP contribution in [0.3, 0.4) is 0 Å². The summed E-state index contributed by atoms with van der Waals surface area (Å²) in [6.45, 7) is 1.61. The number of carboxylic acid groups (broad SMARTS) is 1. The maximum Gasteiger partial charge on any atom is 0.312 e. The number of carbonyl (C=O) groups excluding carboxylic acids is 2. The highest BCUT2D eigenvalue weighted by Crippen LogP contribution is 2.29. The Kier molecular flexibility index (Phi) is 6.39. The van der Waals surface area contributed by atoms with Crippen molar-refractivity contribution in [2.24, 2.45) is 7.05 Å². The molecule has 0 radical (unpaired) electrons. The molecule has 0 atom stereocenters. The smallest absolute Gasteiger partial charge is 0.312 e. The number of esters is 1. The summed E-state index contributed by atoms with van der Waals surface area (Å²) >= 11 is 11.9. The lowest BCUT2D eigenvalue weighted by Gasteiger charge is -2.08. The monoisotopic (exact) mass is 398 g/mol. The molecule has 0 fully saturated rings. The molecule has 0 aliphatic rings. The molecule has 0 saturated heterocycles. The molecule has 0 unspecified atom stereocenters. The Balaban J connectivity index is 2.28. The number of ketones is 1. The third-order valence-corrected chi connectivity index (χ3v) is 4.10. The molecule has 0 spiro atoms. The topological polar surface area (TPSA) is 98.5 Å². The van der Waals surface area contributed by atoms with Crippen LogP contribution >= 0.6 is 23.2 Å². The van der Waals surface area contributed by atoms with Crippen LogP contribution < -0.4 is 4.74 Å². The Morgan fingerprint density at radius 1 is 1.23 bits per heavy atom. The largest absolute Gasteiger partial charge is 0.481 e. The quantitative estimate of drug-likeness (QED) is 0.566. The van der Waals surface area contributed by atoms with E-state index in [9.17, 15) is 14.4 Å². The zero-order chi connectivity index (χ0) is 19.4. The van der Waals surface area contributed by atoms with Gasteiger partial charge in [0.25, 0.3) is 0 Å². The van der Waals surface area contributed by atoms with Gasteiger partial charge in [0.1, 0.15) is 5.56 Å². The molecular weight excluding hydrogens is 383 g/mol. The molecule has 1 heterocycles. The number of aromatic nitrogens is 2. The zero-order valence-corrected chi connectivity index (χ0v) is 15.6. The minimum absolute atomic E-state index is 0.0150. The number of hydrogen-bond donors (Lipinski definition) is 1. The Labute approximate surface area is 159 Å². The van der Waals surface area contributed by atoms with E-state index in [-0.39, 0.29) is 41.3 Å². The van der Waals surface area contributed by atoms with Gasteiger partial charge in [0.2, 0.25) is 11.7 Å². The Morgan fingerprint density at radius 3 is 2.54 bits per heavy atom. The second-order valence-electron chi connectivity index (χ2n) is 5.56. The molecule has 2 aromatic rings. The number of halogens is 2. The molecule has 0 saturated carbocycles. The molecule has 0 aliphatic heterocycles. The first-order valence-electron chi connectivity index (χ1n) is 7.66. The molecule has 9 heteroatoms. The van der Waals surface area contributed by atoms with Gasteiger partial charge in [-0.15, -0.1) is 0 Å². The van der Waals surface area contributed by atoms with Crippen molar-refractivity contribution in [3.63, 3.8) is 0 Å². The van der Waals surface area contributed by atoms with Crippen LogP contribution in [0.2, 0.25) is 10.0 Å². The highest BCUT2D eigenvalue weighted by atomic mass is 35.5. The lowest BCUT2D eigenvalue weighted by molar-refractivity contribution is -0.137. The molecular formula is C17H16Cl2N2O5. The standard InChI is InChI=1S/C17H16Cl2N2O5/c1-9-15(16(25)11-7-6-10(18)8-12(11)19)17(21(2)20-9)26-14(24)5-3-4-13(22)23/h6-8H,3-5H2,1-2H3,(H,22,23). The van der Waals surface area contributed by atoms with Crippen molar-refractivity contribution in [1.82, 2.24) is 9.78 Å². The Morgan fingerprint density at radius 2 is 1.92 bits per heavy atom. The van der Waals surface area contributed by atoms with Crippen molar-refractivity contribution in [3.8, 4) is 5.88 Å². The predicted octanol–water partition coefficient (Wildman–Crippen LogP) is 3.43. The van der Waals surface area contributed by atoms with Crippen LogP contribution in [0.25, 0.3) is 0 Å². The van der Waals surface area contributed by atoms with E-state index in [4.69, 9.17) is 33.0 Å². The minimum Gasteiger partial charge on any atom is -0.481 e. The van der Waals surface area contributed by atoms with Crippen molar-refractivity contribution in [3.05, 3.63) is 45.1 Å². The van der Waals surface area contributed by atoms with Gasteiger partial charge in [-0.25, -0.2) is 4.68 Å². The number of benzene rings is 1. The van der Waals surface area contributed by atoms with E-state index in [2.05, 4.69) is 5.10 Å². The third-order valence-electron chi connectivity index (χ3n) is 3.55. The van der Waals surface area contributed by atoms with Crippen LogP contribution in [0, 0.1) is 6.92 Å². The normalized spacial score (nSPS) is 10.6. The highest BCUT2D eigenvalue weighted by Gasteiger charge is 2.26. The van der Waals surface area contributed by atoms with Crippen LogP contribution in [0.1, 0.15) is 40.9 Å². The average Bonchev–Trinajstić information content (AvgIpc) is 2.80. The molecule has 1 N–H and O–H groups in total. The number of rotatable bonds is 7. The summed E-state index contributed by atoms with van der Waals surface area (Å²) in [5.41, 5.74) is 0.690. The molecule has 26 heavy (non-hydrogen) atoms. The van der Waals surface area contributed by atoms with Gasteiger partial charge in [-0.1, -0.05) is 23.2 Å². The van der Waals surface area contributed by atoms with Gasteiger partial charge in [-0.3, -0.25) is 14.4 Å². The average molecular weight is 399 g/mol. The third kappa shape index (κ3) is 4.62. The summed E-state index contributed by atoms with van der Waals surface area (Å²) in [5, 5.41) is 13.3. The molecule has 1 aromatic carbocycles. The Hall–Kier alpha value is -2.38. The molecule has 0 aliphatic carbocycles. The van der Waals surface area contributed by atoms with Gasteiger partial charge in [-0.2, -0.15) is 5.10 Å². The number of hydrogen-bond acceptors (Lipinski definition) is 5. The summed E-state index contributed by atoms with van der Waals surface area (Å²) in [7, 11) is 1.53. The second-order valence-corrected chi connectivity index (χ2v) is 6.41. The van der Waals surface area contributed by atoms with Crippen LogP contribution in [0.15, 0.2) is 18.2 Å². The number of aliphatic carboxylic acids is 1. The van der Waals surface area contributed by atoms with Crippen molar-refractivity contribution >= 4 is 40.9 Å². The number of aryl methyl sites for hydroxylation is 2. The minimum atomic E-state index is -0.998. The van der Waals surface area contributed by atoms with Gasteiger partial charge < -0.3 is 9.84 Å². The maximum atomic E-state index is 12.9. The number of nitrogens with zero attached hydrogens (tertiary/aromatic N) is 2. The van der Waals surface area contributed by atoms with Gasteiger partial charge >= 0.3 is 11.9 Å². The summed E-state index contributed by atoms with van der Waals surface area (Å²) in [6.07, 6.45) is -0.102. The molecule has 1 aromatic heterocycles. The van der Waals surface area contributed by atoms with Gasteiger partial charge in [-0.05, 0) is 31.5 Å². The van der Waals surface area contributed by atoms with E-state index in [1.54, 1.807) is 6.92 Å². The Bertz CT molecular complexity index is 876. The van der Waals surface area contributed by atoms with Crippen molar-refractivity contribution in [2.45, 2.75) is 26.2 Å². The van der Waals surface area contributed by atoms with Gasteiger partial charge in [0.15, 0.2) is 0 Å². The lowest BCUT2D eigenvalue weighted by atomic mass is 10.0. The van der Waals surface area contributed by atoms with E-state index in [1.807, 2.05) is 0 Å². The summed E-state index contributed by atoms with van der Waals surface area (Å²) in [4.78, 5) is 35.4. The van der Waals surface area contributed by atoms with E-state index >= 15 is 0 Å².